The van der Waals surface area contributed by atoms with E-state index in [9.17, 15) is 13.2 Å². The van der Waals surface area contributed by atoms with E-state index < -0.39 is 15.9 Å². The monoisotopic (exact) mass is 249 g/mol. The normalized spacial score (nSPS) is 11.7. The van der Waals surface area contributed by atoms with Gasteiger partial charge in [0.2, 0.25) is 10.0 Å². The molecular formula is C9H15NO3S2. The maximum absolute atomic E-state index is 11.6. The molecule has 0 spiro atoms. The number of thiophene rings is 1. The molecule has 1 amide bonds. The Balaban J connectivity index is 0.00000225. The molecule has 1 aromatic rings. The Morgan fingerprint density at radius 1 is 1.53 bits per heavy atom. The minimum absolute atomic E-state index is 0. The van der Waals surface area contributed by atoms with Gasteiger partial charge in [0.15, 0.2) is 0 Å². The van der Waals surface area contributed by atoms with Crippen molar-refractivity contribution in [1.29, 1.82) is 0 Å². The van der Waals surface area contributed by atoms with Crippen LogP contribution in [0.5, 0.6) is 0 Å². The molecule has 0 radical (unpaired) electrons. The molecule has 0 unspecified atom stereocenters. The van der Waals surface area contributed by atoms with Crippen LogP contribution < -0.4 is 4.72 Å². The Kier molecular flexibility index (Phi) is 3.51. The quantitative estimate of drug-likeness (QED) is 0.888. The zero-order valence-electron chi connectivity index (χ0n) is 8.77. The van der Waals surface area contributed by atoms with Crippen LogP contribution in [0.1, 0.15) is 36.4 Å². The number of sulfonamides is 1. The summed E-state index contributed by atoms with van der Waals surface area (Å²) in [6.07, 6.45) is 0.965. The minimum Gasteiger partial charge on any atom is -0.268 e. The first-order chi connectivity index (χ1) is 6.81. The largest absolute Gasteiger partial charge is 0.268 e. The fraction of sp³-hybridized carbons (Fsp3) is 0.444. The summed E-state index contributed by atoms with van der Waals surface area (Å²) < 4.78 is 23.7. The molecule has 0 aliphatic heterocycles. The summed E-state index contributed by atoms with van der Waals surface area (Å²) in [5, 5.41) is 1.78. The summed E-state index contributed by atoms with van der Waals surface area (Å²) in [4.78, 5) is 12.5. The number of carbonyl (C=O) groups is 1. The van der Waals surface area contributed by atoms with Gasteiger partial charge in [-0.15, -0.1) is 11.3 Å². The lowest BCUT2D eigenvalue weighted by Crippen LogP contribution is -2.29. The van der Waals surface area contributed by atoms with E-state index in [1.807, 2.05) is 18.6 Å². The first-order valence-corrected chi connectivity index (χ1v) is 7.18. The SMILES string of the molecule is CC(C)c1sccc1C(=O)NS(C)(=O)=O.[HH]. The lowest BCUT2D eigenvalue weighted by molar-refractivity contribution is 0.0981. The van der Waals surface area contributed by atoms with Gasteiger partial charge in [0.05, 0.1) is 11.8 Å². The molecule has 1 heterocycles. The number of amides is 1. The molecule has 0 fully saturated rings. The summed E-state index contributed by atoms with van der Waals surface area (Å²) in [6.45, 7) is 3.92. The predicted molar refractivity (Wildman–Crippen MR) is 62.8 cm³/mol. The van der Waals surface area contributed by atoms with Crippen LogP contribution in [0.25, 0.3) is 0 Å². The van der Waals surface area contributed by atoms with Gasteiger partial charge in [-0.3, -0.25) is 4.79 Å². The molecule has 1 rings (SSSR count). The van der Waals surface area contributed by atoms with E-state index in [1.54, 1.807) is 11.4 Å². The fourth-order valence-electron chi connectivity index (χ4n) is 1.18. The third kappa shape index (κ3) is 3.32. The van der Waals surface area contributed by atoms with Crippen LogP contribution in [0, 0.1) is 0 Å². The predicted octanol–water partition coefficient (Wildman–Crippen LogP) is 1.81. The molecule has 1 N–H and O–H groups in total. The summed E-state index contributed by atoms with van der Waals surface area (Å²) in [5.74, 6) is -0.340. The first kappa shape index (κ1) is 12.2. The van der Waals surface area contributed by atoms with Crippen LogP contribution in [-0.2, 0) is 10.0 Å². The maximum atomic E-state index is 11.6. The number of rotatable bonds is 3. The average Bonchev–Trinajstić information content (AvgIpc) is 2.47. The molecular weight excluding hydrogens is 234 g/mol. The van der Waals surface area contributed by atoms with Crippen LogP contribution in [0.4, 0.5) is 0 Å². The van der Waals surface area contributed by atoms with Gasteiger partial charge in [0.1, 0.15) is 0 Å². The molecule has 0 atom stereocenters. The second-order valence-corrected chi connectivity index (χ2v) is 6.25. The highest BCUT2D eigenvalue weighted by atomic mass is 32.2. The van der Waals surface area contributed by atoms with Crippen molar-refractivity contribution < 1.29 is 14.6 Å². The third-order valence-electron chi connectivity index (χ3n) is 1.74. The Morgan fingerprint density at radius 2 is 2.13 bits per heavy atom. The van der Waals surface area contributed by atoms with E-state index in [-0.39, 0.29) is 7.34 Å². The van der Waals surface area contributed by atoms with Crippen LogP contribution in [-0.4, -0.2) is 20.6 Å². The standard InChI is InChI=1S/C9H13NO3S2.H2/c1-6(2)8-7(4-5-14-8)9(11)10-15(3,12)13;/h4-6H,1-3H3,(H,10,11);1H. The highest BCUT2D eigenvalue weighted by Gasteiger charge is 2.17. The van der Waals surface area contributed by atoms with Crippen molar-refractivity contribution in [3.05, 3.63) is 21.9 Å². The van der Waals surface area contributed by atoms with Crippen molar-refractivity contribution in [2.75, 3.05) is 6.26 Å². The van der Waals surface area contributed by atoms with Crippen molar-refractivity contribution in [2.45, 2.75) is 19.8 Å². The summed E-state index contributed by atoms with van der Waals surface area (Å²) >= 11 is 1.46. The van der Waals surface area contributed by atoms with E-state index in [4.69, 9.17) is 0 Å². The summed E-state index contributed by atoms with van der Waals surface area (Å²) in [6, 6.07) is 1.64. The lowest BCUT2D eigenvalue weighted by atomic mass is 10.1. The number of nitrogens with one attached hydrogen (secondary N) is 1. The molecule has 6 heteroatoms. The molecule has 1 aromatic heterocycles. The van der Waals surface area contributed by atoms with E-state index in [0.29, 0.717) is 5.56 Å². The molecule has 4 nitrogen and oxygen atoms in total. The maximum Gasteiger partial charge on any atom is 0.265 e. The lowest BCUT2D eigenvalue weighted by Gasteiger charge is -2.06. The van der Waals surface area contributed by atoms with Gasteiger partial charge in [0, 0.05) is 6.30 Å². The molecule has 0 saturated heterocycles. The Morgan fingerprint density at radius 3 is 2.60 bits per heavy atom. The van der Waals surface area contributed by atoms with E-state index >= 15 is 0 Å². The molecule has 0 bridgehead atoms. The molecule has 86 valence electrons. The van der Waals surface area contributed by atoms with Gasteiger partial charge in [-0.25, -0.2) is 13.1 Å². The summed E-state index contributed by atoms with van der Waals surface area (Å²) in [5.41, 5.74) is 0.445. The topological polar surface area (TPSA) is 63.2 Å². The van der Waals surface area contributed by atoms with Crippen molar-refractivity contribution in [3.63, 3.8) is 0 Å². The number of hydrogen-bond acceptors (Lipinski definition) is 4. The van der Waals surface area contributed by atoms with Gasteiger partial charge in [-0.1, -0.05) is 13.8 Å². The smallest absolute Gasteiger partial charge is 0.265 e. The van der Waals surface area contributed by atoms with Crippen LogP contribution in [0.15, 0.2) is 11.4 Å². The highest BCUT2D eigenvalue weighted by molar-refractivity contribution is 7.89. The zero-order valence-corrected chi connectivity index (χ0v) is 10.4. The van der Waals surface area contributed by atoms with E-state index in [2.05, 4.69) is 0 Å². The second kappa shape index (κ2) is 4.32. The van der Waals surface area contributed by atoms with Crippen LogP contribution in [0.3, 0.4) is 0 Å². The number of carbonyl (C=O) groups excluding carboxylic acids is 1. The van der Waals surface area contributed by atoms with Crippen molar-refractivity contribution in [3.8, 4) is 0 Å². The van der Waals surface area contributed by atoms with Crippen molar-refractivity contribution in [1.82, 2.24) is 4.72 Å². The Bertz CT molecular complexity index is 465. The highest BCUT2D eigenvalue weighted by Crippen LogP contribution is 2.25. The second-order valence-electron chi connectivity index (χ2n) is 3.56. The van der Waals surface area contributed by atoms with Gasteiger partial charge >= 0.3 is 0 Å². The summed E-state index contributed by atoms with van der Waals surface area (Å²) in [7, 11) is -3.49. The van der Waals surface area contributed by atoms with Gasteiger partial charge in [-0.05, 0) is 17.4 Å². The zero-order chi connectivity index (χ0) is 11.6. The Hall–Kier alpha value is -0.880. The van der Waals surface area contributed by atoms with Crippen LogP contribution in [0.2, 0.25) is 0 Å². The minimum atomic E-state index is -3.49. The van der Waals surface area contributed by atoms with Gasteiger partial charge < -0.3 is 0 Å². The van der Waals surface area contributed by atoms with E-state index in [0.717, 1.165) is 11.1 Å². The van der Waals surface area contributed by atoms with Crippen molar-refractivity contribution in [2.24, 2.45) is 0 Å². The number of hydrogen-bond donors (Lipinski definition) is 1. The molecule has 0 aliphatic carbocycles. The fourth-order valence-corrected chi connectivity index (χ4v) is 2.54. The van der Waals surface area contributed by atoms with Gasteiger partial charge in [0.25, 0.3) is 5.91 Å². The van der Waals surface area contributed by atoms with E-state index in [1.165, 1.54) is 11.3 Å². The average molecular weight is 249 g/mol. The third-order valence-corrected chi connectivity index (χ3v) is 3.52. The molecule has 0 saturated carbocycles. The molecule has 0 aliphatic rings. The molecule has 0 aromatic carbocycles. The first-order valence-electron chi connectivity index (χ1n) is 4.41. The van der Waals surface area contributed by atoms with Gasteiger partial charge in [-0.2, -0.15) is 0 Å². The Labute approximate surface area is 94.9 Å². The van der Waals surface area contributed by atoms with Crippen LogP contribution >= 0.6 is 11.3 Å². The van der Waals surface area contributed by atoms with Crippen molar-refractivity contribution >= 4 is 27.3 Å². The molecule has 15 heavy (non-hydrogen) atoms.